The minimum Gasteiger partial charge on any atom is -1.00 e. The van der Waals surface area contributed by atoms with Crippen LogP contribution in [0.2, 0.25) is 0 Å². The number of alkyl carbamates (subject to hydrolysis) is 1. The smallest absolute Gasteiger partial charge is 0.408 e. The third-order valence-corrected chi connectivity index (χ3v) is 4.47. The van der Waals surface area contributed by atoms with E-state index in [-0.39, 0.29) is 22.9 Å². The van der Waals surface area contributed by atoms with Gasteiger partial charge in [-0.25, -0.2) is 4.79 Å². The molecule has 1 aliphatic rings. The van der Waals surface area contributed by atoms with Gasteiger partial charge in [-0.05, 0) is 26.7 Å². The molecule has 2 atom stereocenters. The van der Waals surface area contributed by atoms with Gasteiger partial charge in [-0.1, -0.05) is 36.2 Å². The van der Waals surface area contributed by atoms with E-state index in [1.165, 1.54) is 11.4 Å². The largest absolute Gasteiger partial charge is 1.00 e. The van der Waals surface area contributed by atoms with Crippen molar-refractivity contribution in [2.24, 2.45) is 10.9 Å². The van der Waals surface area contributed by atoms with Crippen molar-refractivity contribution < 1.29 is 27.9 Å². The lowest BCUT2D eigenvalue weighted by Gasteiger charge is -2.24. The molecule has 0 fully saturated rings. The molecule has 0 spiro atoms. The summed E-state index contributed by atoms with van der Waals surface area (Å²) in [6, 6.07) is -1.24. The molecular formula is C14H24Br2N2O2S. The lowest BCUT2D eigenvalue weighted by atomic mass is 9.99. The number of rotatable bonds is 5. The average molecular weight is 445 g/mol. The Hall–Kier alpha value is -0.0100. The van der Waals surface area contributed by atoms with Crippen LogP contribution in [0.1, 0.15) is 42.4 Å². The van der Waals surface area contributed by atoms with Crippen molar-refractivity contribution in [1.29, 1.82) is 0 Å². The molecule has 0 aliphatic carbocycles. The standard InChI is InChI=1S/C14H23BrN2O2S.BrH/c1-6-9(2)11(12-16-10(7-15)8-20-12)17-13(18)19-14(3,4)5;/h9,11H,6-8H2,1-5H3;1H/t9-,11-;/m0./s1/i11D;. The SMILES string of the molecule is [2H][C@@](NC(=O)OC(C)(C)C)(C1=[S+]CC(CBr)=N1)[C@@H](C)CC.[Br-]. The van der Waals surface area contributed by atoms with E-state index in [1.807, 2.05) is 13.8 Å². The second kappa shape index (κ2) is 9.20. The summed E-state index contributed by atoms with van der Waals surface area (Å²) in [6.45, 7) is 9.36. The molecule has 0 radical (unpaired) electrons. The number of halogens is 2. The van der Waals surface area contributed by atoms with Gasteiger partial charge in [-0.2, -0.15) is 4.99 Å². The molecule has 4 nitrogen and oxygen atoms in total. The van der Waals surface area contributed by atoms with Crippen LogP contribution in [0.5, 0.6) is 0 Å². The van der Waals surface area contributed by atoms with Gasteiger partial charge in [0, 0.05) is 5.33 Å². The maximum absolute atomic E-state index is 12.1. The normalized spacial score (nSPS) is 19.4. The monoisotopic (exact) mass is 443 g/mol. The predicted octanol–water partition coefficient (Wildman–Crippen LogP) is -0.00820. The highest BCUT2D eigenvalue weighted by Gasteiger charge is 2.35. The maximum atomic E-state index is 12.1. The second-order valence-electron chi connectivity index (χ2n) is 5.76. The van der Waals surface area contributed by atoms with Crippen LogP contribution in [0.25, 0.3) is 0 Å². The molecule has 0 unspecified atom stereocenters. The Morgan fingerprint density at radius 1 is 1.62 bits per heavy atom. The van der Waals surface area contributed by atoms with E-state index in [4.69, 9.17) is 6.11 Å². The molecule has 1 amide bonds. The van der Waals surface area contributed by atoms with Gasteiger partial charge in [-0.3, -0.25) is 0 Å². The molecule has 21 heavy (non-hydrogen) atoms. The van der Waals surface area contributed by atoms with Crippen molar-refractivity contribution >= 4 is 44.1 Å². The molecule has 0 saturated heterocycles. The summed E-state index contributed by atoms with van der Waals surface area (Å²) in [5.74, 6) is 0.694. The minimum absolute atomic E-state index is 0. The van der Waals surface area contributed by atoms with Crippen LogP contribution in [0.15, 0.2) is 4.99 Å². The number of carbonyl (C=O) groups excluding carboxylic acids is 1. The first-order valence-corrected chi connectivity index (χ1v) is 8.87. The number of nitrogens with zero attached hydrogens (tertiary/aromatic N) is 1. The van der Waals surface area contributed by atoms with Crippen molar-refractivity contribution in [2.75, 3.05) is 11.1 Å². The minimum atomic E-state index is -1.24. The summed E-state index contributed by atoms with van der Waals surface area (Å²) in [5, 5.41) is 3.40. The van der Waals surface area contributed by atoms with Gasteiger partial charge in [0.15, 0.2) is 0 Å². The number of amides is 1. The summed E-state index contributed by atoms with van der Waals surface area (Å²) in [6.07, 6.45) is 0.191. The van der Waals surface area contributed by atoms with Gasteiger partial charge in [0.1, 0.15) is 11.6 Å². The molecular weight excluding hydrogens is 420 g/mol. The first-order valence-electron chi connectivity index (χ1n) is 7.26. The lowest BCUT2D eigenvalue weighted by molar-refractivity contribution is -0.0000268. The fourth-order valence-corrected chi connectivity index (χ4v) is 3.23. The van der Waals surface area contributed by atoms with Crippen LogP contribution < -0.4 is 22.3 Å². The zero-order chi connectivity index (χ0) is 16.3. The molecule has 7 heteroatoms. The Kier molecular flexibility index (Phi) is 8.34. The fourth-order valence-electron chi connectivity index (χ4n) is 1.57. The van der Waals surface area contributed by atoms with E-state index >= 15 is 0 Å². The second-order valence-corrected chi connectivity index (χ2v) is 7.28. The summed E-state index contributed by atoms with van der Waals surface area (Å²) >= 11 is 4.90. The van der Waals surface area contributed by atoms with Gasteiger partial charge in [0.2, 0.25) is 17.1 Å². The third-order valence-electron chi connectivity index (χ3n) is 2.76. The van der Waals surface area contributed by atoms with Gasteiger partial charge in [0.05, 0.1) is 7.08 Å². The van der Waals surface area contributed by atoms with Crippen molar-refractivity contribution in [3.63, 3.8) is 0 Å². The van der Waals surface area contributed by atoms with E-state index in [0.717, 1.165) is 17.9 Å². The molecule has 1 aliphatic heterocycles. The Bertz CT molecular complexity index is 466. The van der Waals surface area contributed by atoms with E-state index in [9.17, 15) is 4.79 Å². The molecule has 1 heterocycles. The van der Waals surface area contributed by atoms with E-state index < -0.39 is 17.7 Å². The number of carbonyl (C=O) groups is 1. The van der Waals surface area contributed by atoms with Crippen molar-refractivity contribution in [2.45, 2.75) is 52.7 Å². The van der Waals surface area contributed by atoms with Crippen LogP contribution in [0.3, 0.4) is 0 Å². The molecule has 122 valence electrons. The topological polar surface area (TPSA) is 50.7 Å². The molecule has 0 saturated carbocycles. The van der Waals surface area contributed by atoms with Crippen LogP contribution in [0.4, 0.5) is 4.79 Å². The van der Waals surface area contributed by atoms with Crippen molar-refractivity contribution in [1.82, 2.24) is 5.32 Å². The maximum Gasteiger partial charge on any atom is 0.408 e. The van der Waals surface area contributed by atoms with Gasteiger partial charge in [0.25, 0.3) is 0 Å². The van der Waals surface area contributed by atoms with Crippen LogP contribution in [-0.2, 0) is 16.1 Å². The highest BCUT2D eigenvalue weighted by atomic mass is 79.9. The van der Waals surface area contributed by atoms with Crippen LogP contribution in [-0.4, -0.2) is 39.5 Å². The number of ether oxygens (including phenoxy) is 1. The Balaban J connectivity index is 0.00000441. The van der Waals surface area contributed by atoms with Crippen molar-refractivity contribution in [3.8, 4) is 0 Å². The number of alkyl halides is 1. The Morgan fingerprint density at radius 3 is 2.67 bits per heavy atom. The molecule has 0 aromatic heterocycles. The predicted molar refractivity (Wildman–Crippen MR) is 91.1 cm³/mol. The van der Waals surface area contributed by atoms with E-state index in [0.29, 0.717) is 10.3 Å². The molecule has 1 rings (SSSR count). The first-order chi connectivity index (χ1) is 9.62. The molecule has 0 bridgehead atoms. The highest BCUT2D eigenvalue weighted by molar-refractivity contribution is 9.09. The molecule has 0 aromatic carbocycles. The fraction of sp³-hybridized carbons (Fsp3) is 0.786. The quantitative estimate of drug-likeness (QED) is 0.368. The van der Waals surface area contributed by atoms with E-state index in [2.05, 4.69) is 26.2 Å². The number of hydrogen-bond acceptors (Lipinski definition) is 3. The zero-order valence-corrected chi connectivity index (χ0v) is 17.1. The van der Waals surface area contributed by atoms with Gasteiger partial charge >= 0.3 is 11.1 Å². The van der Waals surface area contributed by atoms with Gasteiger partial charge in [-0.15, -0.1) is 0 Å². The summed E-state index contributed by atoms with van der Waals surface area (Å²) in [5.41, 5.74) is 0.402. The summed E-state index contributed by atoms with van der Waals surface area (Å²) in [4.78, 5) is 17.2. The lowest BCUT2D eigenvalue weighted by Crippen LogP contribution is -3.00. The summed E-state index contributed by atoms with van der Waals surface area (Å²) in [7, 11) is 0. The Labute approximate surface area is 151 Å². The van der Waals surface area contributed by atoms with E-state index in [1.54, 1.807) is 20.8 Å². The number of nitrogens with one attached hydrogen (secondary N) is 1. The number of aliphatic imine (C=N–C) groups is 1. The first kappa shape index (κ1) is 19.0. The van der Waals surface area contributed by atoms with Crippen LogP contribution in [0, 0.1) is 5.92 Å². The zero-order valence-electron chi connectivity index (χ0n) is 14.1. The molecule has 0 aromatic rings. The highest BCUT2D eigenvalue weighted by Crippen LogP contribution is 2.14. The van der Waals surface area contributed by atoms with Gasteiger partial charge < -0.3 is 27.0 Å². The summed E-state index contributed by atoms with van der Waals surface area (Å²) < 4.78 is 14.0. The third kappa shape index (κ3) is 7.19. The average Bonchev–Trinajstić information content (AvgIpc) is 2.84. The number of hydrogen-bond donors (Lipinski definition) is 1. The van der Waals surface area contributed by atoms with Crippen molar-refractivity contribution in [3.05, 3.63) is 0 Å². The molecule has 1 N–H and O–H groups in total. The van der Waals surface area contributed by atoms with Crippen LogP contribution >= 0.6 is 15.9 Å². The Morgan fingerprint density at radius 2 is 2.24 bits per heavy atom.